The second kappa shape index (κ2) is 6.90. The number of nitrogens with zero attached hydrogens (tertiary/aromatic N) is 2. The number of likely N-dealkylation sites (tertiary alicyclic amines) is 1. The Labute approximate surface area is 126 Å². The van der Waals surface area contributed by atoms with Gasteiger partial charge in [0.1, 0.15) is 0 Å². The van der Waals surface area contributed by atoms with Gasteiger partial charge in [0, 0.05) is 30.2 Å². The molecule has 1 aromatic heterocycles. The SMILES string of the molecule is CCCNc1ncc(CN2CCC[C@H]3CCCC[C@H]32)s1. The van der Waals surface area contributed by atoms with E-state index >= 15 is 0 Å². The summed E-state index contributed by atoms with van der Waals surface area (Å²) in [5.74, 6) is 0.975. The smallest absolute Gasteiger partial charge is 0.182 e. The van der Waals surface area contributed by atoms with E-state index in [9.17, 15) is 0 Å². The number of hydrogen-bond donors (Lipinski definition) is 1. The summed E-state index contributed by atoms with van der Waals surface area (Å²) in [4.78, 5) is 8.67. The van der Waals surface area contributed by atoms with Crippen LogP contribution < -0.4 is 5.32 Å². The molecule has 20 heavy (non-hydrogen) atoms. The maximum absolute atomic E-state index is 4.50. The Morgan fingerprint density at radius 1 is 1.30 bits per heavy atom. The number of nitrogens with one attached hydrogen (secondary N) is 1. The van der Waals surface area contributed by atoms with Gasteiger partial charge in [0.2, 0.25) is 0 Å². The summed E-state index contributed by atoms with van der Waals surface area (Å²) in [7, 11) is 0. The molecule has 1 aromatic rings. The van der Waals surface area contributed by atoms with Gasteiger partial charge in [-0.25, -0.2) is 4.98 Å². The summed E-state index contributed by atoms with van der Waals surface area (Å²) in [6.07, 6.45) is 11.9. The molecule has 1 aliphatic carbocycles. The number of hydrogen-bond acceptors (Lipinski definition) is 4. The molecule has 2 atom stereocenters. The number of fused-ring (bicyclic) bond motifs is 1. The van der Waals surface area contributed by atoms with E-state index in [2.05, 4.69) is 28.3 Å². The zero-order valence-corrected chi connectivity index (χ0v) is 13.4. The Hall–Kier alpha value is -0.610. The number of rotatable bonds is 5. The Morgan fingerprint density at radius 3 is 3.05 bits per heavy atom. The lowest BCUT2D eigenvalue weighted by Crippen LogP contribution is -2.46. The van der Waals surface area contributed by atoms with Crippen LogP contribution in [0.2, 0.25) is 0 Å². The lowest BCUT2D eigenvalue weighted by Gasteiger charge is -2.44. The van der Waals surface area contributed by atoms with Gasteiger partial charge in [-0.05, 0) is 44.6 Å². The zero-order chi connectivity index (χ0) is 13.8. The minimum atomic E-state index is 0.853. The van der Waals surface area contributed by atoms with E-state index in [1.165, 1.54) is 49.9 Å². The van der Waals surface area contributed by atoms with Crippen molar-refractivity contribution in [2.24, 2.45) is 5.92 Å². The second-order valence-electron chi connectivity index (χ2n) is 6.28. The van der Waals surface area contributed by atoms with Gasteiger partial charge in [-0.2, -0.15) is 0 Å². The van der Waals surface area contributed by atoms with Crippen LogP contribution in [0.15, 0.2) is 6.20 Å². The van der Waals surface area contributed by atoms with Crippen LogP contribution in [0.3, 0.4) is 0 Å². The summed E-state index contributed by atoms with van der Waals surface area (Å²) in [6.45, 7) is 5.63. The van der Waals surface area contributed by atoms with E-state index in [4.69, 9.17) is 0 Å². The van der Waals surface area contributed by atoms with Crippen LogP contribution in [-0.4, -0.2) is 29.0 Å². The first-order valence-electron chi connectivity index (χ1n) is 8.29. The first-order chi connectivity index (χ1) is 9.86. The molecule has 1 N–H and O–H groups in total. The average molecular weight is 293 g/mol. The third-order valence-corrected chi connectivity index (χ3v) is 5.74. The van der Waals surface area contributed by atoms with Crippen molar-refractivity contribution in [3.63, 3.8) is 0 Å². The maximum Gasteiger partial charge on any atom is 0.182 e. The van der Waals surface area contributed by atoms with E-state index in [1.807, 2.05) is 11.3 Å². The summed E-state index contributed by atoms with van der Waals surface area (Å²) in [6, 6.07) is 0.853. The highest BCUT2D eigenvalue weighted by molar-refractivity contribution is 7.15. The Bertz CT molecular complexity index is 416. The highest BCUT2D eigenvalue weighted by Gasteiger charge is 2.33. The van der Waals surface area contributed by atoms with E-state index in [-0.39, 0.29) is 0 Å². The van der Waals surface area contributed by atoms with E-state index in [0.717, 1.165) is 36.6 Å². The summed E-state index contributed by atoms with van der Waals surface area (Å²) < 4.78 is 0. The van der Waals surface area contributed by atoms with Crippen LogP contribution in [0.4, 0.5) is 5.13 Å². The van der Waals surface area contributed by atoms with Crippen LogP contribution >= 0.6 is 11.3 Å². The van der Waals surface area contributed by atoms with Crippen LogP contribution in [0.5, 0.6) is 0 Å². The monoisotopic (exact) mass is 293 g/mol. The van der Waals surface area contributed by atoms with Gasteiger partial charge in [-0.1, -0.05) is 19.8 Å². The van der Waals surface area contributed by atoms with Crippen LogP contribution in [-0.2, 0) is 6.54 Å². The van der Waals surface area contributed by atoms with Crippen LogP contribution in [0.1, 0.15) is 56.7 Å². The van der Waals surface area contributed by atoms with Crippen molar-refractivity contribution in [2.75, 3.05) is 18.4 Å². The van der Waals surface area contributed by atoms with Crippen LogP contribution in [0.25, 0.3) is 0 Å². The van der Waals surface area contributed by atoms with Gasteiger partial charge in [-0.3, -0.25) is 4.90 Å². The molecule has 112 valence electrons. The first-order valence-corrected chi connectivity index (χ1v) is 9.11. The lowest BCUT2D eigenvalue weighted by atomic mass is 9.78. The van der Waals surface area contributed by atoms with Gasteiger partial charge in [-0.15, -0.1) is 11.3 Å². The normalized spacial score (nSPS) is 27.2. The number of thiazole rings is 1. The fraction of sp³-hybridized carbons (Fsp3) is 0.812. The predicted molar refractivity (Wildman–Crippen MR) is 86.3 cm³/mol. The molecule has 1 saturated heterocycles. The summed E-state index contributed by atoms with van der Waals surface area (Å²) in [5.41, 5.74) is 0. The van der Waals surface area contributed by atoms with Crippen molar-refractivity contribution in [3.05, 3.63) is 11.1 Å². The van der Waals surface area contributed by atoms with Gasteiger partial charge >= 0.3 is 0 Å². The van der Waals surface area contributed by atoms with Crippen molar-refractivity contribution in [3.8, 4) is 0 Å². The van der Waals surface area contributed by atoms with Crippen molar-refractivity contribution in [1.29, 1.82) is 0 Å². The number of piperidine rings is 1. The van der Waals surface area contributed by atoms with Gasteiger partial charge in [0.05, 0.1) is 0 Å². The van der Waals surface area contributed by atoms with Crippen molar-refractivity contribution in [2.45, 2.75) is 64.5 Å². The fourth-order valence-electron chi connectivity index (χ4n) is 3.82. The second-order valence-corrected chi connectivity index (χ2v) is 7.40. The average Bonchev–Trinajstić information content (AvgIpc) is 2.93. The Morgan fingerprint density at radius 2 is 2.15 bits per heavy atom. The third-order valence-electron chi connectivity index (χ3n) is 4.80. The van der Waals surface area contributed by atoms with Gasteiger partial charge in [0.15, 0.2) is 5.13 Å². The highest BCUT2D eigenvalue weighted by atomic mass is 32.1. The summed E-state index contributed by atoms with van der Waals surface area (Å²) >= 11 is 1.84. The Kier molecular flexibility index (Phi) is 4.94. The molecule has 0 spiro atoms. The van der Waals surface area contributed by atoms with E-state index in [1.54, 1.807) is 0 Å². The van der Waals surface area contributed by atoms with Crippen molar-refractivity contribution in [1.82, 2.24) is 9.88 Å². The molecule has 0 unspecified atom stereocenters. The molecule has 0 amide bonds. The molecule has 0 radical (unpaired) electrons. The van der Waals surface area contributed by atoms with Gasteiger partial charge in [0.25, 0.3) is 0 Å². The molecule has 1 saturated carbocycles. The highest BCUT2D eigenvalue weighted by Crippen LogP contribution is 2.36. The standard InChI is InChI=1S/C16H27N3S/c1-2-9-17-16-18-11-14(20-16)12-19-10-5-7-13-6-3-4-8-15(13)19/h11,13,15H,2-10,12H2,1H3,(H,17,18)/t13-,15-/m1/s1. The molecule has 0 bridgehead atoms. The fourth-order valence-corrected chi connectivity index (χ4v) is 4.68. The molecular weight excluding hydrogens is 266 g/mol. The molecule has 2 heterocycles. The third kappa shape index (κ3) is 3.34. The quantitative estimate of drug-likeness (QED) is 0.885. The number of aromatic nitrogens is 1. The maximum atomic E-state index is 4.50. The van der Waals surface area contributed by atoms with E-state index < -0.39 is 0 Å². The molecule has 4 heteroatoms. The molecule has 2 aliphatic rings. The first kappa shape index (κ1) is 14.3. The molecular formula is C16H27N3S. The molecule has 1 aliphatic heterocycles. The summed E-state index contributed by atoms with van der Waals surface area (Å²) in [5, 5.41) is 4.49. The minimum absolute atomic E-state index is 0.853. The van der Waals surface area contributed by atoms with Crippen molar-refractivity contribution < 1.29 is 0 Å². The topological polar surface area (TPSA) is 28.2 Å². The van der Waals surface area contributed by atoms with Gasteiger partial charge < -0.3 is 5.32 Å². The largest absolute Gasteiger partial charge is 0.362 e. The van der Waals surface area contributed by atoms with Crippen molar-refractivity contribution >= 4 is 16.5 Å². The predicted octanol–water partition coefficient (Wildman–Crippen LogP) is 4.12. The number of anilines is 1. The molecule has 2 fully saturated rings. The van der Waals surface area contributed by atoms with Crippen LogP contribution in [0, 0.1) is 5.92 Å². The molecule has 0 aromatic carbocycles. The minimum Gasteiger partial charge on any atom is -0.362 e. The lowest BCUT2D eigenvalue weighted by molar-refractivity contribution is 0.0554. The van der Waals surface area contributed by atoms with E-state index in [0.29, 0.717) is 0 Å². The molecule has 3 nitrogen and oxygen atoms in total. The molecule has 3 rings (SSSR count). The zero-order valence-electron chi connectivity index (χ0n) is 12.6. The Balaban J connectivity index is 1.59.